The molecular formula is C20H22N2O3. The van der Waals surface area contributed by atoms with E-state index in [9.17, 15) is 9.90 Å². The molecule has 0 radical (unpaired) electrons. The fourth-order valence-electron chi connectivity index (χ4n) is 3.17. The molecule has 0 aliphatic rings. The summed E-state index contributed by atoms with van der Waals surface area (Å²) in [5, 5.41) is 10.6. The molecule has 1 aromatic carbocycles. The maximum absolute atomic E-state index is 11.8. The minimum atomic E-state index is -0.947. The maximum atomic E-state index is 11.8. The van der Waals surface area contributed by atoms with Gasteiger partial charge in [0.05, 0.1) is 24.9 Å². The lowest BCUT2D eigenvalue weighted by Gasteiger charge is -2.15. The number of methoxy groups -OCH3 is 1. The van der Waals surface area contributed by atoms with Crippen molar-refractivity contribution in [1.82, 2.24) is 9.55 Å². The van der Waals surface area contributed by atoms with Crippen molar-refractivity contribution in [3.05, 3.63) is 59.0 Å². The van der Waals surface area contributed by atoms with E-state index in [1.807, 2.05) is 35.8 Å². The van der Waals surface area contributed by atoms with Crippen LogP contribution in [0.3, 0.4) is 0 Å². The van der Waals surface area contributed by atoms with Crippen LogP contribution >= 0.6 is 0 Å². The summed E-state index contributed by atoms with van der Waals surface area (Å²) < 4.78 is 7.23. The number of aromatic nitrogens is 2. The van der Waals surface area contributed by atoms with Crippen molar-refractivity contribution in [1.29, 1.82) is 0 Å². The Hall–Kier alpha value is -2.82. The number of hydrogen-bond donors (Lipinski definition) is 1. The Morgan fingerprint density at radius 3 is 2.64 bits per heavy atom. The SMILES string of the molecule is COc1cc(C(C)C)c2c(c1)cc(C(=O)O)n2Cc1cc(C)ccn1. The van der Waals surface area contributed by atoms with Gasteiger partial charge in [-0.2, -0.15) is 0 Å². The van der Waals surface area contributed by atoms with Crippen molar-refractivity contribution in [3.8, 4) is 5.75 Å². The number of benzene rings is 1. The molecule has 0 spiro atoms. The molecule has 2 aromatic heterocycles. The first kappa shape index (κ1) is 17.0. The number of ether oxygens (including phenoxy) is 1. The zero-order valence-corrected chi connectivity index (χ0v) is 14.9. The van der Waals surface area contributed by atoms with Crippen LogP contribution in [0.2, 0.25) is 0 Å². The van der Waals surface area contributed by atoms with Gasteiger partial charge >= 0.3 is 5.97 Å². The monoisotopic (exact) mass is 338 g/mol. The molecule has 5 nitrogen and oxygen atoms in total. The first-order valence-electron chi connectivity index (χ1n) is 8.26. The number of carbonyl (C=O) groups is 1. The molecular weight excluding hydrogens is 316 g/mol. The lowest BCUT2D eigenvalue weighted by atomic mass is 10.00. The summed E-state index contributed by atoms with van der Waals surface area (Å²) in [5.41, 5.74) is 4.19. The maximum Gasteiger partial charge on any atom is 0.352 e. The van der Waals surface area contributed by atoms with E-state index in [4.69, 9.17) is 4.74 Å². The lowest BCUT2D eigenvalue weighted by molar-refractivity contribution is 0.0686. The predicted octanol–water partition coefficient (Wildman–Crippen LogP) is 4.22. The molecule has 1 N–H and O–H groups in total. The number of carboxylic acid groups (broad SMARTS) is 1. The Kier molecular flexibility index (Phi) is 4.49. The summed E-state index contributed by atoms with van der Waals surface area (Å²) >= 11 is 0. The molecule has 0 amide bonds. The summed E-state index contributed by atoms with van der Waals surface area (Å²) in [7, 11) is 1.62. The Bertz CT molecular complexity index is 942. The van der Waals surface area contributed by atoms with E-state index in [1.54, 1.807) is 19.4 Å². The number of nitrogens with zero attached hydrogens (tertiary/aromatic N) is 2. The second-order valence-corrected chi connectivity index (χ2v) is 6.55. The van der Waals surface area contributed by atoms with Crippen molar-refractivity contribution in [2.24, 2.45) is 0 Å². The zero-order valence-electron chi connectivity index (χ0n) is 14.9. The molecule has 0 fully saturated rings. The molecule has 0 aliphatic heterocycles. The predicted molar refractivity (Wildman–Crippen MR) is 97.6 cm³/mol. The van der Waals surface area contributed by atoms with E-state index in [2.05, 4.69) is 18.8 Å². The van der Waals surface area contributed by atoms with Crippen LogP contribution in [0.5, 0.6) is 5.75 Å². The van der Waals surface area contributed by atoms with E-state index in [0.29, 0.717) is 6.54 Å². The van der Waals surface area contributed by atoms with Crippen LogP contribution in [0, 0.1) is 6.92 Å². The fraction of sp³-hybridized carbons (Fsp3) is 0.300. The largest absolute Gasteiger partial charge is 0.497 e. The minimum Gasteiger partial charge on any atom is -0.497 e. The highest BCUT2D eigenvalue weighted by Gasteiger charge is 2.20. The zero-order chi connectivity index (χ0) is 18.1. The van der Waals surface area contributed by atoms with Crippen molar-refractivity contribution < 1.29 is 14.6 Å². The third-order valence-electron chi connectivity index (χ3n) is 4.36. The molecule has 5 heteroatoms. The summed E-state index contributed by atoms with van der Waals surface area (Å²) in [6.07, 6.45) is 1.75. The van der Waals surface area contributed by atoms with Gasteiger partial charge in [0.1, 0.15) is 11.4 Å². The fourth-order valence-corrected chi connectivity index (χ4v) is 3.17. The number of pyridine rings is 1. The lowest BCUT2D eigenvalue weighted by Crippen LogP contribution is -2.11. The summed E-state index contributed by atoms with van der Waals surface area (Å²) in [6.45, 7) is 6.61. The quantitative estimate of drug-likeness (QED) is 0.756. The van der Waals surface area contributed by atoms with Crippen LogP contribution in [0.1, 0.15) is 47.1 Å². The van der Waals surface area contributed by atoms with Gasteiger partial charge in [0, 0.05) is 11.6 Å². The topological polar surface area (TPSA) is 64.3 Å². The smallest absolute Gasteiger partial charge is 0.352 e. The minimum absolute atomic E-state index is 0.235. The van der Waals surface area contributed by atoms with Crippen molar-refractivity contribution in [2.45, 2.75) is 33.2 Å². The second-order valence-electron chi connectivity index (χ2n) is 6.55. The molecule has 3 aromatic rings. The van der Waals surface area contributed by atoms with E-state index < -0.39 is 5.97 Å². The third kappa shape index (κ3) is 3.22. The second kappa shape index (κ2) is 6.59. The number of fused-ring (bicyclic) bond motifs is 1. The van der Waals surface area contributed by atoms with Gasteiger partial charge in [-0.3, -0.25) is 4.98 Å². The van der Waals surface area contributed by atoms with Crippen LogP contribution in [0.4, 0.5) is 0 Å². The highest BCUT2D eigenvalue weighted by Crippen LogP contribution is 2.33. The molecule has 3 rings (SSSR count). The van der Waals surface area contributed by atoms with Crippen LogP contribution in [-0.2, 0) is 6.54 Å². The number of rotatable bonds is 5. The Morgan fingerprint density at radius 1 is 1.28 bits per heavy atom. The number of aromatic carboxylic acids is 1. The first-order chi connectivity index (χ1) is 11.9. The molecule has 0 saturated heterocycles. The number of aryl methyl sites for hydroxylation is 1. The summed E-state index contributed by atoms with van der Waals surface area (Å²) in [6, 6.07) is 9.49. The van der Waals surface area contributed by atoms with Crippen LogP contribution in [0.25, 0.3) is 10.9 Å². The number of hydrogen-bond acceptors (Lipinski definition) is 3. The van der Waals surface area contributed by atoms with Crippen LogP contribution in [0.15, 0.2) is 36.5 Å². The molecule has 0 unspecified atom stereocenters. The van der Waals surface area contributed by atoms with E-state index in [1.165, 1.54) is 0 Å². The highest BCUT2D eigenvalue weighted by molar-refractivity contribution is 5.96. The normalized spacial score (nSPS) is 11.2. The van der Waals surface area contributed by atoms with Gasteiger partial charge < -0.3 is 14.4 Å². The van der Waals surface area contributed by atoms with Gasteiger partial charge in [0.2, 0.25) is 0 Å². The van der Waals surface area contributed by atoms with Gasteiger partial charge in [-0.05, 0) is 54.3 Å². The molecule has 130 valence electrons. The molecule has 2 heterocycles. The van der Waals surface area contributed by atoms with Gasteiger partial charge in [0.25, 0.3) is 0 Å². The average Bonchev–Trinajstić information content (AvgIpc) is 2.92. The molecule has 0 atom stereocenters. The Morgan fingerprint density at radius 2 is 2.04 bits per heavy atom. The summed E-state index contributed by atoms with van der Waals surface area (Å²) in [4.78, 5) is 16.2. The van der Waals surface area contributed by atoms with Crippen molar-refractivity contribution >= 4 is 16.9 Å². The first-order valence-corrected chi connectivity index (χ1v) is 8.26. The third-order valence-corrected chi connectivity index (χ3v) is 4.36. The van der Waals surface area contributed by atoms with Gasteiger partial charge in [-0.25, -0.2) is 4.79 Å². The van der Waals surface area contributed by atoms with E-state index in [-0.39, 0.29) is 11.6 Å². The Balaban J connectivity index is 2.27. The average molecular weight is 338 g/mol. The molecule has 0 saturated carbocycles. The molecule has 25 heavy (non-hydrogen) atoms. The molecule has 0 bridgehead atoms. The standard InChI is InChI=1S/C20H22N2O3/c1-12(2)17-10-16(25-4)8-14-9-18(20(23)24)22(19(14)17)11-15-7-13(3)5-6-21-15/h5-10,12H,11H2,1-4H3,(H,23,24). The van der Waals surface area contributed by atoms with Gasteiger partial charge in [0.15, 0.2) is 0 Å². The van der Waals surface area contributed by atoms with E-state index >= 15 is 0 Å². The van der Waals surface area contributed by atoms with E-state index in [0.717, 1.165) is 33.5 Å². The van der Waals surface area contributed by atoms with Crippen molar-refractivity contribution in [3.63, 3.8) is 0 Å². The van der Waals surface area contributed by atoms with Crippen LogP contribution in [-0.4, -0.2) is 27.7 Å². The van der Waals surface area contributed by atoms with Crippen molar-refractivity contribution in [2.75, 3.05) is 7.11 Å². The van der Waals surface area contributed by atoms with Gasteiger partial charge in [-0.15, -0.1) is 0 Å². The Labute approximate surface area is 146 Å². The van der Waals surface area contributed by atoms with Crippen LogP contribution < -0.4 is 4.74 Å². The summed E-state index contributed by atoms with van der Waals surface area (Å²) in [5.74, 6) is 0.0230. The number of carboxylic acids is 1. The molecule has 0 aliphatic carbocycles. The van der Waals surface area contributed by atoms with Gasteiger partial charge in [-0.1, -0.05) is 13.8 Å². The highest BCUT2D eigenvalue weighted by atomic mass is 16.5.